The highest BCUT2D eigenvalue weighted by Gasteiger charge is 2.35. The second-order valence-corrected chi connectivity index (χ2v) is 9.05. The smallest absolute Gasteiger partial charge is 0.408 e. The second-order valence-electron chi connectivity index (χ2n) is 9.05. The maximum absolute atomic E-state index is 12.8. The molecular formula is C24H37NO5. The number of rotatable bonds is 6. The van der Waals surface area contributed by atoms with Gasteiger partial charge in [0.05, 0.1) is 0 Å². The summed E-state index contributed by atoms with van der Waals surface area (Å²) in [6, 6.07) is 9.05. The fourth-order valence-corrected chi connectivity index (χ4v) is 3.77. The van der Waals surface area contributed by atoms with Crippen LogP contribution in [-0.2, 0) is 14.3 Å². The molecule has 1 aliphatic heterocycles. The number of ether oxygens (including phenoxy) is 3. The molecule has 0 radical (unpaired) electrons. The van der Waals surface area contributed by atoms with Crippen molar-refractivity contribution in [2.45, 2.75) is 97.0 Å². The molecule has 0 saturated carbocycles. The Kier molecular flexibility index (Phi) is 9.00. The van der Waals surface area contributed by atoms with Crippen molar-refractivity contribution in [3.05, 3.63) is 30.3 Å². The van der Waals surface area contributed by atoms with Gasteiger partial charge in [-0.2, -0.15) is 0 Å². The van der Waals surface area contributed by atoms with E-state index in [9.17, 15) is 9.59 Å². The summed E-state index contributed by atoms with van der Waals surface area (Å²) in [7, 11) is 0. The average molecular weight is 420 g/mol. The molecule has 6 heteroatoms. The molecule has 1 amide bonds. The van der Waals surface area contributed by atoms with E-state index in [0.717, 1.165) is 37.9 Å². The number of alkyl carbamates (subject to hydrolysis) is 1. The van der Waals surface area contributed by atoms with Crippen LogP contribution in [0.15, 0.2) is 30.3 Å². The van der Waals surface area contributed by atoms with E-state index in [1.807, 2.05) is 37.3 Å². The summed E-state index contributed by atoms with van der Waals surface area (Å²) in [5.74, 6) is 0.509. The fourth-order valence-electron chi connectivity index (χ4n) is 3.77. The predicted octanol–water partition coefficient (Wildman–Crippen LogP) is 5.25. The molecule has 1 aromatic rings. The van der Waals surface area contributed by atoms with Crippen LogP contribution in [0.2, 0.25) is 0 Å². The van der Waals surface area contributed by atoms with Gasteiger partial charge < -0.3 is 19.5 Å². The SMILES string of the molecule is CCCC[C@H]1[C@H](C)OC(=O)[C@@H](NC(=O)OC(C)(C)C)CCC[C@@H]1Oc1ccccc1. The third kappa shape index (κ3) is 7.88. The summed E-state index contributed by atoms with van der Waals surface area (Å²) in [6.07, 6.45) is 4.08. The molecule has 0 bridgehead atoms. The Hall–Kier alpha value is -2.24. The zero-order chi connectivity index (χ0) is 22.1. The van der Waals surface area contributed by atoms with Crippen molar-refractivity contribution >= 4 is 12.1 Å². The van der Waals surface area contributed by atoms with E-state index in [1.165, 1.54) is 0 Å². The standard InChI is InChI=1S/C24H37NO5/c1-6-7-14-19-17(2)28-22(26)20(25-23(27)30-24(3,4)5)15-11-16-21(19)29-18-12-9-8-10-13-18/h8-10,12-13,17,19-21H,6-7,11,14-16H2,1-5H3,(H,25,27)/t17-,19-,20-,21-/m0/s1. The molecule has 1 aliphatic rings. The van der Waals surface area contributed by atoms with Crippen LogP contribution in [0.4, 0.5) is 4.79 Å². The fraction of sp³-hybridized carbons (Fsp3) is 0.667. The van der Waals surface area contributed by atoms with Crippen molar-refractivity contribution in [2.75, 3.05) is 0 Å². The number of benzene rings is 1. The van der Waals surface area contributed by atoms with Gasteiger partial charge in [0.15, 0.2) is 0 Å². The van der Waals surface area contributed by atoms with E-state index in [4.69, 9.17) is 14.2 Å². The Labute approximate surface area is 180 Å². The maximum Gasteiger partial charge on any atom is 0.408 e. The minimum atomic E-state index is -0.718. The number of hydrogen-bond donors (Lipinski definition) is 1. The Morgan fingerprint density at radius 2 is 1.90 bits per heavy atom. The lowest BCUT2D eigenvalue weighted by Crippen LogP contribution is -2.45. The zero-order valence-electron chi connectivity index (χ0n) is 19.0. The van der Waals surface area contributed by atoms with Crippen LogP contribution in [0.25, 0.3) is 0 Å². The second kappa shape index (κ2) is 11.2. The molecule has 168 valence electrons. The number of carbonyl (C=O) groups is 2. The van der Waals surface area contributed by atoms with Crippen LogP contribution in [0.3, 0.4) is 0 Å². The first kappa shape index (κ1) is 24.0. The molecule has 1 heterocycles. The van der Waals surface area contributed by atoms with E-state index >= 15 is 0 Å². The Balaban J connectivity index is 2.13. The predicted molar refractivity (Wildman–Crippen MR) is 116 cm³/mol. The number of hydrogen-bond acceptors (Lipinski definition) is 5. The van der Waals surface area contributed by atoms with Crippen LogP contribution in [0.1, 0.15) is 73.1 Å². The van der Waals surface area contributed by atoms with E-state index in [0.29, 0.717) is 6.42 Å². The third-order valence-corrected chi connectivity index (χ3v) is 5.26. The molecule has 1 saturated heterocycles. The highest BCUT2D eigenvalue weighted by atomic mass is 16.6. The first-order valence-electron chi connectivity index (χ1n) is 11.1. The summed E-state index contributed by atoms with van der Waals surface area (Å²) >= 11 is 0. The average Bonchev–Trinajstić information content (AvgIpc) is 2.70. The lowest BCUT2D eigenvalue weighted by molar-refractivity contribution is -0.154. The van der Waals surface area contributed by atoms with Gasteiger partial charge in [0.1, 0.15) is 29.6 Å². The summed E-state index contributed by atoms with van der Waals surface area (Å²) in [4.78, 5) is 25.0. The number of cyclic esters (lactones) is 1. The lowest BCUT2D eigenvalue weighted by Gasteiger charge is -2.31. The van der Waals surface area contributed by atoms with Gasteiger partial charge in [-0.15, -0.1) is 0 Å². The summed E-state index contributed by atoms with van der Waals surface area (Å²) in [5, 5.41) is 2.69. The Bertz CT molecular complexity index is 670. The van der Waals surface area contributed by atoms with Crippen LogP contribution in [-0.4, -0.2) is 35.9 Å². The first-order valence-corrected chi connectivity index (χ1v) is 11.1. The number of unbranched alkanes of at least 4 members (excludes halogenated alkanes) is 1. The molecular weight excluding hydrogens is 382 g/mol. The van der Waals surface area contributed by atoms with Gasteiger partial charge in [-0.25, -0.2) is 9.59 Å². The molecule has 0 aliphatic carbocycles. The number of esters is 1. The van der Waals surface area contributed by atoms with Crippen LogP contribution in [0.5, 0.6) is 5.75 Å². The van der Waals surface area contributed by atoms with Crippen molar-refractivity contribution in [3.63, 3.8) is 0 Å². The van der Waals surface area contributed by atoms with Gasteiger partial charge in [0.2, 0.25) is 0 Å². The number of amides is 1. The maximum atomic E-state index is 12.8. The number of carbonyl (C=O) groups excluding carboxylic acids is 2. The molecule has 30 heavy (non-hydrogen) atoms. The highest BCUT2D eigenvalue weighted by Crippen LogP contribution is 2.29. The molecule has 0 aromatic heterocycles. The highest BCUT2D eigenvalue weighted by molar-refractivity contribution is 5.81. The minimum absolute atomic E-state index is 0.0537. The molecule has 4 atom stereocenters. The number of para-hydroxylation sites is 1. The van der Waals surface area contributed by atoms with Gasteiger partial charge in [-0.05, 0) is 65.5 Å². The van der Waals surface area contributed by atoms with Crippen molar-refractivity contribution in [1.82, 2.24) is 5.32 Å². The molecule has 1 N–H and O–H groups in total. The van der Waals surface area contributed by atoms with E-state index in [1.54, 1.807) is 20.8 Å². The topological polar surface area (TPSA) is 73.9 Å². The van der Waals surface area contributed by atoms with Crippen molar-refractivity contribution in [1.29, 1.82) is 0 Å². The summed E-state index contributed by atoms with van der Waals surface area (Å²) < 4.78 is 17.5. The van der Waals surface area contributed by atoms with E-state index in [-0.39, 0.29) is 18.1 Å². The van der Waals surface area contributed by atoms with Crippen LogP contribution in [0, 0.1) is 5.92 Å². The van der Waals surface area contributed by atoms with E-state index in [2.05, 4.69) is 12.2 Å². The third-order valence-electron chi connectivity index (χ3n) is 5.26. The largest absolute Gasteiger partial charge is 0.490 e. The summed E-state index contributed by atoms with van der Waals surface area (Å²) in [6.45, 7) is 9.45. The van der Waals surface area contributed by atoms with Gasteiger partial charge in [0.25, 0.3) is 0 Å². The van der Waals surface area contributed by atoms with Crippen molar-refractivity contribution < 1.29 is 23.8 Å². The monoisotopic (exact) mass is 419 g/mol. The van der Waals surface area contributed by atoms with Gasteiger partial charge >= 0.3 is 12.1 Å². The van der Waals surface area contributed by atoms with Gasteiger partial charge in [-0.1, -0.05) is 38.0 Å². The normalized spacial score (nSPS) is 25.3. The van der Waals surface area contributed by atoms with Crippen LogP contribution < -0.4 is 10.1 Å². The molecule has 0 spiro atoms. The van der Waals surface area contributed by atoms with Crippen LogP contribution >= 0.6 is 0 Å². The summed E-state index contributed by atoms with van der Waals surface area (Å²) in [5.41, 5.74) is -0.625. The molecule has 6 nitrogen and oxygen atoms in total. The van der Waals surface area contributed by atoms with Crippen molar-refractivity contribution in [3.8, 4) is 5.75 Å². The molecule has 2 rings (SSSR count). The van der Waals surface area contributed by atoms with E-state index < -0.39 is 23.7 Å². The molecule has 0 unspecified atom stereocenters. The Morgan fingerprint density at radius 3 is 2.53 bits per heavy atom. The lowest BCUT2D eigenvalue weighted by atomic mass is 9.88. The minimum Gasteiger partial charge on any atom is -0.490 e. The molecule has 1 fully saturated rings. The van der Waals surface area contributed by atoms with Crippen molar-refractivity contribution in [2.24, 2.45) is 5.92 Å². The Morgan fingerprint density at radius 1 is 1.20 bits per heavy atom. The van der Waals surface area contributed by atoms with Gasteiger partial charge in [0, 0.05) is 5.92 Å². The quantitative estimate of drug-likeness (QED) is 0.638. The number of nitrogens with one attached hydrogen (secondary N) is 1. The van der Waals surface area contributed by atoms with Gasteiger partial charge in [-0.3, -0.25) is 0 Å². The first-order chi connectivity index (χ1) is 14.2. The zero-order valence-corrected chi connectivity index (χ0v) is 19.0. The molecule has 1 aromatic carbocycles.